The van der Waals surface area contributed by atoms with Crippen molar-refractivity contribution in [2.75, 3.05) is 0 Å². The lowest BCUT2D eigenvalue weighted by atomic mass is 10.1. The normalized spacial score (nSPS) is 22.8. The fraction of sp³-hybridized carbons (Fsp3) is 0.154. The third-order valence-corrected chi connectivity index (χ3v) is 3.67. The fourth-order valence-electron chi connectivity index (χ4n) is 1.89. The molecule has 1 atom stereocenters. The SMILES string of the molecule is CC1=CC=C[N+]([O-])(c2ccc(CN)cc2)C1=S=O. The molecule has 0 amide bonds. The molecule has 4 nitrogen and oxygen atoms in total. The van der Waals surface area contributed by atoms with Gasteiger partial charge in [0, 0.05) is 24.3 Å². The summed E-state index contributed by atoms with van der Waals surface area (Å²) in [6, 6.07) is 7.05. The Kier molecular flexibility index (Phi) is 3.58. The fourth-order valence-corrected chi connectivity index (χ4v) is 2.36. The summed E-state index contributed by atoms with van der Waals surface area (Å²) < 4.78 is 10.3. The van der Waals surface area contributed by atoms with Gasteiger partial charge in [0.05, 0.1) is 0 Å². The molecule has 1 aliphatic heterocycles. The lowest BCUT2D eigenvalue weighted by molar-refractivity contribution is 0.694. The first-order chi connectivity index (χ1) is 8.61. The average molecular weight is 262 g/mol. The van der Waals surface area contributed by atoms with Gasteiger partial charge in [0.25, 0.3) is 0 Å². The molecule has 5 heteroatoms. The molecule has 2 N–H and O–H groups in total. The van der Waals surface area contributed by atoms with Gasteiger partial charge in [-0.2, -0.15) is 0 Å². The molecule has 0 bridgehead atoms. The van der Waals surface area contributed by atoms with Crippen LogP contribution in [-0.2, 0) is 17.8 Å². The van der Waals surface area contributed by atoms with Crippen LogP contribution in [0.25, 0.3) is 0 Å². The van der Waals surface area contributed by atoms with Crippen molar-refractivity contribution in [2.24, 2.45) is 5.73 Å². The molecule has 18 heavy (non-hydrogen) atoms. The summed E-state index contributed by atoms with van der Waals surface area (Å²) in [6.45, 7) is 2.20. The quantitative estimate of drug-likeness (QED) is 0.502. The maximum atomic E-state index is 12.8. The Morgan fingerprint density at radius 2 is 2.00 bits per heavy atom. The zero-order valence-corrected chi connectivity index (χ0v) is 10.8. The van der Waals surface area contributed by atoms with E-state index in [1.165, 1.54) is 6.20 Å². The smallest absolute Gasteiger partial charge is 0.239 e. The van der Waals surface area contributed by atoms with E-state index in [2.05, 4.69) is 0 Å². The first-order valence-electron chi connectivity index (χ1n) is 5.55. The summed E-state index contributed by atoms with van der Waals surface area (Å²) in [5.41, 5.74) is 7.69. The predicted octanol–water partition coefficient (Wildman–Crippen LogP) is 1.77. The monoisotopic (exact) mass is 262 g/mol. The van der Waals surface area contributed by atoms with Gasteiger partial charge in [-0.3, -0.25) is 4.65 Å². The van der Waals surface area contributed by atoms with Crippen LogP contribution in [0.15, 0.2) is 48.2 Å². The Morgan fingerprint density at radius 3 is 2.56 bits per heavy atom. The molecule has 0 fully saturated rings. The highest BCUT2D eigenvalue weighted by Gasteiger charge is 2.29. The van der Waals surface area contributed by atoms with E-state index in [1.54, 1.807) is 31.2 Å². The number of nitrogens with two attached hydrogens (primary N) is 1. The van der Waals surface area contributed by atoms with E-state index in [0.29, 0.717) is 17.8 Å². The van der Waals surface area contributed by atoms with Gasteiger partial charge in [0.2, 0.25) is 4.99 Å². The van der Waals surface area contributed by atoms with Crippen LogP contribution in [-0.4, -0.2) is 9.20 Å². The molecule has 1 heterocycles. The van der Waals surface area contributed by atoms with Crippen molar-refractivity contribution in [1.29, 1.82) is 0 Å². The summed E-state index contributed by atoms with van der Waals surface area (Å²) in [5, 5.41) is 12.8. The summed E-state index contributed by atoms with van der Waals surface area (Å²) in [7, 11) is 0. The van der Waals surface area contributed by atoms with Gasteiger partial charge in [-0.25, -0.2) is 4.21 Å². The maximum Gasteiger partial charge on any atom is 0.239 e. The molecule has 94 valence electrons. The Bertz CT molecular complexity index is 571. The molecule has 1 aliphatic rings. The molecule has 0 spiro atoms. The second-order valence-electron chi connectivity index (χ2n) is 4.11. The molecule has 1 aromatic rings. The molecule has 1 aromatic carbocycles. The number of hydroxylamine groups is 2. The molecule has 0 aliphatic carbocycles. The Balaban J connectivity index is 2.50. The molecule has 0 saturated carbocycles. The van der Waals surface area contributed by atoms with Crippen LogP contribution in [0.2, 0.25) is 0 Å². The zero-order valence-electron chi connectivity index (χ0n) is 10.00. The minimum atomic E-state index is -0.832. The summed E-state index contributed by atoms with van der Waals surface area (Å²) in [6.07, 6.45) is 4.91. The first kappa shape index (κ1) is 12.9. The summed E-state index contributed by atoms with van der Waals surface area (Å²) >= 11 is 0.248. The highest BCUT2D eigenvalue weighted by atomic mass is 32.1. The number of quaternary nitrogens is 1. The van der Waals surface area contributed by atoms with Crippen molar-refractivity contribution in [3.05, 3.63) is 59.0 Å². The standard InChI is InChI=1S/C13H14N2O2S/c1-10-3-2-8-15(16,13(10)18-17)12-6-4-11(9-14)5-7-12/h2-8H,9,14H2,1H3. The number of hydrogen-bond donors (Lipinski definition) is 1. The van der Waals surface area contributed by atoms with Crippen LogP contribution in [0.1, 0.15) is 12.5 Å². The highest BCUT2D eigenvalue weighted by molar-refractivity contribution is 7.67. The van der Waals surface area contributed by atoms with Crippen molar-refractivity contribution in [1.82, 2.24) is 4.65 Å². The van der Waals surface area contributed by atoms with Crippen molar-refractivity contribution in [3.63, 3.8) is 0 Å². The number of nitrogens with zero attached hydrogens (tertiary/aromatic N) is 1. The summed E-state index contributed by atoms with van der Waals surface area (Å²) in [5.74, 6) is 0. The average Bonchev–Trinajstić information content (AvgIpc) is 2.39. The van der Waals surface area contributed by atoms with Crippen LogP contribution in [0.5, 0.6) is 0 Å². The lowest BCUT2D eigenvalue weighted by Crippen LogP contribution is -2.45. The first-order valence-corrected chi connectivity index (χ1v) is 6.29. The largest absolute Gasteiger partial charge is 0.616 e. The molecule has 1 unspecified atom stereocenters. The van der Waals surface area contributed by atoms with Crippen LogP contribution < -0.4 is 10.4 Å². The summed E-state index contributed by atoms with van der Waals surface area (Å²) in [4.78, 5) is 0.248. The molecule has 0 aromatic heterocycles. The van der Waals surface area contributed by atoms with E-state index in [9.17, 15) is 9.42 Å². The molecular formula is C13H14N2O2S. The Hall–Kier alpha value is -1.53. The molecular weight excluding hydrogens is 248 g/mol. The second kappa shape index (κ2) is 4.99. The minimum absolute atomic E-state index is 0.248. The second-order valence-corrected chi connectivity index (χ2v) is 4.66. The molecule has 0 radical (unpaired) electrons. The van der Waals surface area contributed by atoms with Gasteiger partial charge in [0.15, 0.2) is 11.3 Å². The molecule has 0 saturated heterocycles. The van der Waals surface area contributed by atoms with Gasteiger partial charge >= 0.3 is 0 Å². The van der Waals surface area contributed by atoms with E-state index in [1.807, 2.05) is 12.1 Å². The Labute approximate surface area is 109 Å². The third kappa shape index (κ3) is 2.09. The van der Waals surface area contributed by atoms with Crippen LogP contribution in [0.4, 0.5) is 5.69 Å². The van der Waals surface area contributed by atoms with Crippen molar-refractivity contribution >= 4 is 21.9 Å². The van der Waals surface area contributed by atoms with Crippen LogP contribution in [0, 0.1) is 5.21 Å². The van der Waals surface area contributed by atoms with Crippen molar-refractivity contribution < 1.29 is 4.21 Å². The van der Waals surface area contributed by atoms with Crippen molar-refractivity contribution in [3.8, 4) is 0 Å². The van der Waals surface area contributed by atoms with E-state index < -0.39 is 4.65 Å². The van der Waals surface area contributed by atoms with Crippen molar-refractivity contribution in [2.45, 2.75) is 13.5 Å². The van der Waals surface area contributed by atoms with E-state index in [-0.39, 0.29) is 16.2 Å². The van der Waals surface area contributed by atoms with Crippen LogP contribution >= 0.6 is 0 Å². The van der Waals surface area contributed by atoms with Gasteiger partial charge in [-0.05, 0) is 24.6 Å². The highest BCUT2D eigenvalue weighted by Crippen LogP contribution is 2.28. The predicted molar refractivity (Wildman–Crippen MR) is 75.5 cm³/mol. The number of benzene rings is 1. The molecule has 2 rings (SSSR count). The lowest BCUT2D eigenvalue weighted by Gasteiger charge is -2.39. The van der Waals surface area contributed by atoms with E-state index >= 15 is 0 Å². The van der Waals surface area contributed by atoms with E-state index in [0.717, 1.165) is 5.56 Å². The van der Waals surface area contributed by atoms with Gasteiger partial charge in [-0.15, -0.1) is 0 Å². The van der Waals surface area contributed by atoms with Gasteiger partial charge in [0.1, 0.15) is 11.9 Å². The zero-order chi connectivity index (χ0) is 13.2. The van der Waals surface area contributed by atoms with Gasteiger partial charge in [-0.1, -0.05) is 12.1 Å². The van der Waals surface area contributed by atoms with Gasteiger partial charge < -0.3 is 10.9 Å². The van der Waals surface area contributed by atoms with E-state index in [4.69, 9.17) is 5.73 Å². The maximum absolute atomic E-state index is 12.8. The number of rotatable bonds is 2. The number of hydrogen-bond acceptors (Lipinski definition) is 3. The third-order valence-electron chi connectivity index (χ3n) is 2.92. The minimum Gasteiger partial charge on any atom is -0.616 e. The topological polar surface area (TPSA) is 66.2 Å². The Morgan fingerprint density at radius 1 is 1.33 bits per heavy atom. The van der Waals surface area contributed by atoms with Crippen LogP contribution in [0.3, 0.4) is 0 Å². The number of allylic oxidation sites excluding steroid dienone is 2.